The molecule has 1 N–H and O–H groups in total. The lowest BCUT2D eigenvalue weighted by Crippen LogP contribution is -2.24. The van der Waals surface area contributed by atoms with E-state index in [-0.39, 0.29) is 11.1 Å². The van der Waals surface area contributed by atoms with Crippen molar-refractivity contribution in [2.45, 2.75) is 26.3 Å². The Morgan fingerprint density at radius 2 is 1.95 bits per heavy atom. The van der Waals surface area contributed by atoms with Crippen LogP contribution in [0, 0.1) is 0 Å². The number of rotatable bonds is 2. The minimum atomic E-state index is -1.01. The van der Waals surface area contributed by atoms with Gasteiger partial charge in [0.2, 0.25) is 0 Å². The number of halogens is 1. The second-order valence-electron chi connectivity index (χ2n) is 5.27. The average Bonchev–Trinajstić information content (AvgIpc) is 2.73. The van der Waals surface area contributed by atoms with Crippen molar-refractivity contribution in [1.29, 1.82) is 0 Å². The van der Waals surface area contributed by atoms with E-state index in [0.29, 0.717) is 16.3 Å². The molecule has 19 heavy (non-hydrogen) atoms. The Kier molecular flexibility index (Phi) is 3.37. The maximum Gasteiger partial charge on any atom is 0.339 e. The molecule has 0 atom stereocenters. The molecular formula is C14H15ClN2O2. The van der Waals surface area contributed by atoms with Crippen molar-refractivity contribution in [1.82, 2.24) is 9.78 Å². The minimum absolute atomic E-state index is 0.156. The number of aromatic carboxylic acids is 1. The number of carboxylic acid groups (broad SMARTS) is 1. The van der Waals surface area contributed by atoms with Crippen LogP contribution in [0.15, 0.2) is 30.5 Å². The number of carboxylic acids is 1. The number of nitrogens with zero attached hydrogens (tertiary/aromatic N) is 2. The molecular weight excluding hydrogens is 264 g/mol. The fourth-order valence-electron chi connectivity index (χ4n) is 1.93. The summed E-state index contributed by atoms with van der Waals surface area (Å²) in [5, 5.41) is 14.0. The van der Waals surface area contributed by atoms with E-state index in [1.54, 1.807) is 16.8 Å². The van der Waals surface area contributed by atoms with Gasteiger partial charge in [0.1, 0.15) is 5.56 Å². The van der Waals surface area contributed by atoms with E-state index in [0.717, 1.165) is 0 Å². The Hall–Kier alpha value is -1.81. The van der Waals surface area contributed by atoms with Gasteiger partial charge in [0.25, 0.3) is 0 Å². The van der Waals surface area contributed by atoms with Crippen molar-refractivity contribution in [2.75, 3.05) is 0 Å². The van der Waals surface area contributed by atoms with Crippen molar-refractivity contribution in [2.24, 2.45) is 0 Å². The lowest BCUT2D eigenvalue weighted by Gasteiger charge is -2.23. The first-order valence-corrected chi connectivity index (χ1v) is 6.27. The highest BCUT2D eigenvalue weighted by atomic mass is 35.5. The van der Waals surface area contributed by atoms with Crippen LogP contribution in [0.25, 0.3) is 11.3 Å². The van der Waals surface area contributed by atoms with Gasteiger partial charge in [-0.1, -0.05) is 29.8 Å². The van der Waals surface area contributed by atoms with Crippen molar-refractivity contribution in [3.05, 3.63) is 41.0 Å². The van der Waals surface area contributed by atoms with Crippen molar-refractivity contribution in [3.8, 4) is 11.3 Å². The topological polar surface area (TPSA) is 55.1 Å². The molecule has 1 heterocycles. The number of hydrogen-bond donors (Lipinski definition) is 1. The standard InChI is InChI=1S/C14H15ClN2O2/c1-14(2,3)17-12(10(8-16-17)13(18)19)9-6-4-5-7-11(9)15/h4-8H,1-3H3,(H,18,19). The molecule has 2 aromatic rings. The summed E-state index contributed by atoms with van der Waals surface area (Å²) in [6, 6.07) is 7.17. The third-order valence-electron chi connectivity index (χ3n) is 2.76. The van der Waals surface area contributed by atoms with Crippen molar-refractivity contribution >= 4 is 17.6 Å². The molecule has 2 rings (SSSR count). The molecule has 0 aliphatic rings. The van der Waals surface area contributed by atoms with Crippen molar-refractivity contribution in [3.63, 3.8) is 0 Å². The summed E-state index contributed by atoms with van der Waals surface area (Å²) >= 11 is 6.18. The van der Waals surface area contributed by atoms with E-state index in [2.05, 4.69) is 5.10 Å². The van der Waals surface area contributed by atoms with Crippen LogP contribution in [0.1, 0.15) is 31.1 Å². The predicted molar refractivity (Wildman–Crippen MR) is 74.6 cm³/mol. The molecule has 0 fully saturated rings. The van der Waals surface area contributed by atoms with Crippen LogP contribution in [0.5, 0.6) is 0 Å². The second kappa shape index (κ2) is 4.70. The summed E-state index contributed by atoms with van der Waals surface area (Å²) in [5.41, 5.74) is 1.03. The largest absolute Gasteiger partial charge is 0.478 e. The minimum Gasteiger partial charge on any atom is -0.478 e. The highest BCUT2D eigenvalue weighted by Crippen LogP contribution is 2.33. The molecule has 0 aliphatic heterocycles. The molecule has 0 saturated carbocycles. The zero-order chi connectivity index (χ0) is 14.2. The predicted octanol–water partition coefficient (Wildman–Crippen LogP) is 3.66. The monoisotopic (exact) mass is 278 g/mol. The van der Waals surface area contributed by atoms with E-state index in [9.17, 15) is 9.90 Å². The first-order valence-electron chi connectivity index (χ1n) is 5.89. The molecule has 0 saturated heterocycles. The molecule has 5 heteroatoms. The quantitative estimate of drug-likeness (QED) is 0.912. The molecule has 0 unspecified atom stereocenters. The van der Waals surface area contributed by atoms with E-state index >= 15 is 0 Å². The van der Waals surface area contributed by atoms with Gasteiger partial charge in [-0.05, 0) is 26.8 Å². The Labute approximate surface area is 116 Å². The third-order valence-corrected chi connectivity index (χ3v) is 3.09. The highest BCUT2D eigenvalue weighted by Gasteiger charge is 2.25. The molecule has 0 amide bonds. The maximum absolute atomic E-state index is 11.4. The van der Waals surface area contributed by atoms with E-state index in [1.165, 1.54) is 6.20 Å². The lowest BCUT2D eigenvalue weighted by atomic mass is 10.0. The summed E-state index contributed by atoms with van der Waals surface area (Å²) in [7, 11) is 0. The van der Waals surface area contributed by atoms with Crippen LogP contribution in [0.4, 0.5) is 0 Å². The summed E-state index contributed by atoms with van der Waals surface area (Å²) < 4.78 is 1.69. The van der Waals surface area contributed by atoms with E-state index in [1.807, 2.05) is 32.9 Å². The lowest BCUT2D eigenvalue weighted by molar-refractivity contribution is 0.0697. The summed E-state index contributed by atoms with van der Waals surface area (Å²) in [4.78, 5) is 11.4. The number of carbonyl (C=O) groups is 1. The molecule has 0 aliphatic carbocycles. The first-order chi connectivity index (χ1) is 8.82. The van der Waals surface area contributed by atoms with Gasteiger partial charge >= 0.3 is 5.97 Å². The zero-order valence-electron chi connectivity index (χ0n) is 11.0. The third kappa shape index (κ3) is 2.49. The molecule has 1 aromatic heterocycles. The molecule has 0 bridgehead atoms. The number of benzene rings is 1. The van der Waals surface area contributed by atoms with Crippen LogP contribution < -0.4 is 0 Å². The van der Waals surface area contributed by atoms with Gasteiger partial charge in [0, 0.05) is 10.6 Å². The Morgan fingerprint density at radius 3 is 2.47 bits per heavy atom. The van der Waals surface area contributed by atoms with Gasteiger partial charge in [0.05, 0.1) is 17.4 Å². The normalized spacial score (nSPS) is 11.6. The molecule has 0 radical (unpaired) electrons. The molecule has 1 aromatic carbocycles. The average molecular weight is 279 g/mol. The first kappa shape index (κ1) is 13.6. The van der Waals surface area contributed by atoms with Gasteiger partial charge in [0.15, 0.2) is 0 Å². The Morgan fingerprint density at radius 1 is 1.32 bits per heavy atom. The smallest absolute Gasteiger partial charge is 0.339 e. The fourth-order valence-corrected chi connectivity index (χ4v) is 2.15. The Balaban J connectivity index is 2.77. The fraction of sp³-hybridized carbons (Fsp3) is 0.286. The number of aromatic nitrogens is 2. The Bertz CT molecular complexity index is 627. The van der Waals surface area contributed by atoms with Crippen LogP contribution in [0.3, 0.4) is 0 Å². The summed E-state index contributed by atoms with van der Waals surface area (Å²) in [6.45, 7) is 5.89. The SMILES string of the molecule is CC(C)(C)n1ncc(C(=O)O)c1-c1ccccc1Cl. The van der Waals surface area contributed by atoms with Gasteiger partial charge in [-0.3, -0.25) is 4.68 Å². The molecule has 4 nitrogen and oxygen atoms in total. The summed E-state index contributed by atoms with van der Waals surface area (Å²) in [5.74, 6) is -1.01. The van der Waals surface area contributed by atoms with Gasteiger partial charge in [-0.25, -0.2) is 4.79 Å². The highest BCUT2D eigenvalue weighted by molar-refractivity contribution is 6.33. The van der Waals surface area contributed by atoms with Crippen LogP contribution in [-0.4, -0.2) is 20.9 Å². The molecule has 100 valence electrons. The molecule has 0 spiro atoms. The van der Waals surface area contributed by atoms with Gasteiger partial charge in [-0.2, -0.15) is 5.10 Å². The maximum atomic E-state index is 11.4. The van der Waals surface area contributed by atoms with Crippen LogP contribution >= 0.6 is 11.6 Å². The zero-order valence-corrected chi connectivity index (χ0v) is 11.8. The van der Waals surface area contributed by atoms with Crippen LogP contribution in [0.2, 0.25) is 5.02 Å². The van der Waals surface area contributed by atoms with Gasteiger partial charge in [-0.15, -0.1) is 0 Å². The van der Waals surface area contributed by atoms with Crippen molar-refractivity contribution < 1.29 is 9.90 Å². The van der Waals surface area contributed by atoms with E-state index < -0.39 is 5.97 Å². The van der Waals surface area contributed by atoms with E-state index in [4.69, 9.17) is 11.6 Å². The summed E-state index contributed by atoms with van der Waals surface area (Å²) in [6.07, 6.45) is 1.37. The number of hydrogen-bond acceptors (Lipinski definition) is 2. The second-order valence-corrected chi connectivity index (χ2v) is 5.68. The van der Waals surface area contributed by atoms with Crippen LogP contribution in [-0.2, 0) is 5.54 Å². The van der Waals surface area contributed by atoms with Gasteiger partial charge < -0.3 is 5.11 Å².